The molecular weight excluding hydrogens is 428 g/mol. The Labute approximate surface area is 201 Å². The van der Waals surface area contributed by atoms with Crippen molar-refractivity contribution in [2.45, 2.75) is 51.1 Å². The quantitative estimate of drug-likeness (QED) is 0.525. The Balaban J connectivity index is 1.42. The standard InChI is InChI=1S/C26H36N6O2/c1-4-18-14-32(25-6-5-19(11-22(18)25)20-12-28-30(3)13-20)26(27)23-15-31(17(2)33)9-7-24(23)29-21-8-10-34-16-21/h5-6,11-13,18,21,23-24,27,29H,4,7-10,14-16H2,1-3H3. The van der Waals surface area contributed by atoms with Crippen LogP contribution < -0.4 is 10.2 Å². The van der Waals surface area contributed by atoms with Gasteiger partial charge in [0.1, 0.15) is 5.84 Å². The van der Waals surface area contributed by atoms with E-state index in [4.69, 9.17) is 4.74 Å². The highest BCUT2D eigenvalue weighted by Crippen LogP contribution is 2.41. The summed E-state index contributed by atoms with van der Waals surface area (Å²) in [5.74, 6) is 1.05. The Bertz CT molecular complexity index is 1060. The van der Waals surface area contributed by atoms with E-state index in [1.165, 1.54) is 11.1 Å². The molecule has 4 atom stereocenters. The number of likely N-dealkylation sites (tertiary alicyclic amines) is 1. The second kappa shape index (κ2) is 9.50. The highest BCUT2D eigenvalue weighted by atomic mass is 16.5. The lowest BCUT2D eigenvalue weighted by molar-refractivity contribution is -0.130. The van der Waals surface area contributed by atoms with E-state index in [1.807, 2.05) is 29.0 Å². The number of hydrogen-bond donors (Lipinski definition) is 2. The molecule has 1 aromatic heterocycles. The zero-order valence-corrected chi connectivity index (χ0v) is 20.5. The normalized spacial score (nSPS) is 26.7. The Morgan fingerprint density at radius 2 is 2.12 bits per heavy atom. The van der Waals surface area contributed by atoms with Crippen molar-refractivity contribution in [3.8, 4) is 11.1 Å². The number of rotatable bonds is 5. The van der Waals surface area contributed by atoms with Crippen molar-refractivity contribution >= 4 is 17.4 Å². The number of benzene rings is 1. The van der Waals surface area contributed by atoms with Crippen LogP contribution >= 0.6 is 0 Å². The number of aromatic nitrogens is 2. The number of fused-ring (bicyclic) bond motifs is 1. The van der Waals surface area contributed by atoms with Gasteiger partial charge in [-0.3, -0.25) is 14.9 Å². The number of carbonyl (C=O) groups excluding carboxylic acids is 1. The third-order valence-electron chi connectivity index (χ3n) is 7.77. The van der Waals surface area contributed by atoms with E-state index in [1.54, 1.807) is 6.92 Å². The molecule has 8 heteroatoms. The first-order chi connectivity index (χ1) is 16.4. The predicted molar refractivity (Wildman–Crippen MR) is 133 cm³/mol. The highest BCUT2D eigenvalue weighted by molar-refractivity contribution is 6.00. The van der Waals surface area contributed by atoms with Crippen LogP contribution in [-0.2, 0) is 16.6 Å². The van der Waals surface area contributed by atoms with Crippen LogP contribution in [-0.4, -0.2) is 71.4 Å². The van der Waals surface area contributed by atoms with Crippen molar-refractivity contribution in [2.24, 2.45) is 13.0 Å². The number of carbonyl (C=O) groups is 1. The highest BCUT2D eigenvalue weighted by Gasteiger charge is 2.40. The summed E-state index contributed by atoms with van der Waals surface area (Å²) in [5, 5.41) is 17.4. The van der Waals surface area contributed by atoms with Crippen LogP contribution in [0.25, 0.3) is 11.1 Å². The van der Waals surface area contributed by atoms with Gasteiger partial charge in [0.05, 0.1) is 12.8 Å². The summed E-state index contributed by atoms with van der Waals surface area (Å²) in [6.45, 7) is 7.54. The smallest absolute Gasteiger partial charge is 0.219 e. The maximum atomic E-state index is 12.2. The summed E-state index contributed by atoms with van der Waals surface area (Å²) in [6, 6.07) is 7.10. The number of nitrogens with one attached hydrogen (secondary N) is 2. The number of aryl methyl sites for hydroxylation is 1. The van der Waals surface area contributed by atoms with Crippen molar-refractivity contribution in [1.29, 1.82) is 5.41 Å². The summed E-state index contributed by atoms with van der Waals surface area (Å²) >= 11 is 0. The summed E-state index contributed by atoms with van der Waals surface area (Å²) < 4.78 is 7.41. The van der Waals surface area contributed by atoms with Gasteiger partial charge in [0.15, 0.2) is 0 Å². The van der Waals surface area contributed by atoms with Crippen LogP contribution in [0.3, 0.4) is 0 Å². The van der Waals surface area contributed by atoms with Crippen LogP contribution in [0.4, 0.5) is 5.69 Å². The molecule has 8 nitrogen and oxygen atoms in total. The topological polar surface area (TPSA) is 86.5 Å². The van der Waals surface area contributed by atoms with Crippen LogP contribution in [0.2, 0.25) is 0 Å². The molecule has 182 valence electrons. The molecule has 2 aromatic rings. The van der Waals surface area contributed by atoms with E-state index in [-0.39, 0.29) is 17.9 Å². The third kappa shape index (κ3) is 4.36. The fourth-order valence-electron chi connectivity index (χ4n) is 5.75. The first-order valence-corrected chi connectivity index (χ1v) is 12.5. The number of piperidine rings is 1. The van der Waals surface area contributed by atoms with E-state index in [2.05, 4.69) is 40.4 Å². The second-order valence-electron chi connectivity index (χ2n) is 9.97. The second-order valence-corrected chi connectivity index (χ2v) is 9.97. The van der Waals surface area contributed by atoms with Gasteiger partial charge in [-0.2, -0.15) is 5.10 Å². The fraction of sp³-hybridized carbons (Fsp3) is 0.577. The van der Waals surface area contributed by atoms with E-state index in [9.17, 15) is 10.2 Å². The van der Waals surface area contributed by atoms with E-state index in [0.717, 1.165) is 56.8 Å². The molecular formula is C26H36N6O2. The molecule has 3 aliphatic heterocycles. The molecule has 2 saturated heterocycles. The number of ether oxygens (including phenoxy) is 1. The lowest BCUT2D eigenvalue weighted by Gasteiger charge is -2.41. The van der Waals surface area contributed by atoms with E-state index < -0.39 is 0 Å². The minimum absolute atomic E-state index is 0.0419. The minimum atomic E-state index is -0.0419. The maximum absolute atomic E-state index is 12.2. The van der Waals surface area contributed by atoms with Crippen molar-refractivity contribution in [3.63, 3.8) is 0 Å². The number of anilines is 1. The average Bonchev–Trinajstić information content (AvgIpc) is 3.58. The summed E-state index contributed by atoms with van der Waals surface area (Å²) in [6.07, 6.45) is 6.84. The molecule has 34 heavy (non-hydrogen) atoms. The third-order valence-corrected chi connectivity index (χ3v) is 7.77. The predicted octanol–water partition coefficient (Wildman–Crippen LogP) is 2.99. The summed E-state index contributed by atoms with van der Waals surface area (Å²) in [5.41, 5.74) is 4.72. The number of amides is 1. The first-order valence-electron chi connectivity index (χ1n) is 12.5. The number of amidine groups is 1. The maximum Gasteiger partial charge on any atom is 0.219 e. The molecule has 2 fully saturated rings. The van der Waals surface area contributed by atoms with E-state index in [0.29, 0.717) is 24.3 Å². The lowest BCUT2D eigenvalue weighted by atomic mass is 9.89. The van der Waals surface area contributed by atoms with Crippen molar-refractivity contribution in [2.75, 3.05) is 37.7 Å². The van der Waals surface area contributed by atoms with Crippen LogP contribution in [0.15, 0.2) is 30.6 Å². The molecule has 4 unspecified atom stereocenters. The van der Waals surface area contributed by atoms with Gasteiger partial charge in [-0.25, -0.2) is 0 Å². The molecule has 0 radical (unpaired) electrons. The molecule has 1 aromatic carbocycles. The Morgan fingerprint density at radius 1 is 1.26 bits per heavy atom. The van der Waals surface area contributed by atoms with Gasteiger partial charge in [-0.15, -0.1) is 0 Å². The Hall–Kier alpha value is -2.71. The largest absolute Gasteiger partial charge is 0.380 e. The fourth-order valence-corrected chi connectivity index (χ4v) is 5.75. The average molecular weight is 465 g/mol. The Kier molecular flexibility index (Phi) is 6.44. The van der Waals surface area contributed by atoms with Crippen molar-refractivity contribution in [1.82, 2.24) is 20.0 Å². The summed E-state index contributed by atoms with van der Waals surface area (Å²) in [4.78, 5) is 16.3. The van der Waals surface area contributed by atoms with Gasteiger partial charge in [0, 0.05) is 81.6 Å². The molecule has 3 aliphatic rings. The molecule has 5 rings (SSSR count). The van der Waals surface area contributed by atoms with Crippen molar-refractivity contribution in [3.05, 3.63) is 36.2 Å². The number of hydrogen-bond acceptors (Lipinski definition) is 5. The molecule has 2 N–H and O–H groups in total. The van der Waals surface area contributed by atoms with Crippen molar-refractivity contribution < 1.29 is 9.53 Å². The van der Waals surface area contributed by atoms with Gasteiger partial charge in [0.2, 0.25) is 5.91 Å². The van der Waals surface area contributed by atoms with Gasteiger partial charge >= 0.3 is 0 Å². The molecule has 0 bridgehead atoms. The van der Waals surface area contributed by atoms with Gasteiger partial charge in [0.25, 0.3) is 0 Å². The van der Waals surface area contributed by atoms with Gasteiger partial charge in [-0.1, -0.05) is 13.0 Å². The zero-order valence-electron chi connectivity index (χ0n) is 20.5. The van der Waals surface area contributed by atoms with E-state index >= 15 is 0 Å². The first kappa shape index (κ1) is 23.1. The van der Waals surface area contributed by atoms with Crippen LogP contribution in [0, 0.1) is 11.3 Å². The minimum Gasteiger partial charge on any atom is -0.380 e. The molecule has 0 spiro atoms. The monoisotopic (exact) mass is 464 g/mol. The molecule has 1 amide bonds. The number of nitrogens with zero attached hydrogens (tertiary/aromatic N) is 4. The van der Waals surface area contributed by atoms with Gasteiger partial charge < -0.3 is 19.9 Å². The molecule has 4 heterocycles. The van der Waals surface area contributed by atoms with Crippen LogP contribution in [0.1, 0.15) is 44.6 Å². The molecule has 0 aliphatic carbocycles. The SMILES string of the molecule is CCC1CN(C(=N)C2CN(C(C)=O)CCC2NC2CCOC2)c2ccc(-c3cnn(C)c3)cc21. The lowest BCUT2D eigenvalue weighted by Crippen LogP contribution is -2.57. The zero-order chi connectivity index (χ0) is 23.8. The van der Waals surface area contributed by atoms with Gasteiger partial charge in [-0.05, 0) is 42.5 Å². The van der Waals surface area contributed by atoms with Crippen LogP contribution in [0.5, 0.6) is 0 Å². The summed E-state index contributed by atoms with van der Waals surface area (Å²) in [7, 11) is 1.94. The Morgan fingerprint density at radius 3 is 2.79 bits per heavy atom. The molecule has 0 saturated carbocycles.